The lowest BCUT2D eigenvalue weighted by Crippen LogP contribution is -2.32. The van der Waals surface area contributed by atoms with Crippen LogP contribution in [0.4, 0.5) is 11.5 Å². The van der Waals surface area contributed by atoms with Gasteiger partial charge in [0.25, 0.3) is 0 Å². The number of pyridine rings is 1. The van der Waals surface area contributed by atoms with E-state index in [-0.39, 0.29) is 0 Å². The molecule has 0 radical (unpaired) electrons. The Kier molecular flexibility index (Phi) is 3.84. The molecule has 1 aromatic heterocycles. The van der Waals surface area contributed by atoms with Gasteiger partial charge in [-0.3, -0.25) is 0 Å². The Morgan fingerprint density at radius 2 is 2.12 bits per heavy atom. The van der Waals surface area contributed by atoms with Gasteiger partial charge in [0.15, 0.2) is 5.82 Å². The first-order valence-electron chi connectivity index (χ1n) is 6.33. The summed E-state index contributed by atoms with van der Waals surface area (Å²) in [5.41, 5.74) is 7.95. The molecule has 1 aromatic rings. The third-order valence-electron chi connectivity index (χ3n) is 3.50. The normalized spacial score (nSPS) is 16.4. The van der Waals surface area contributed by atoms with Gasteiger partial charge in [0, 0.05) is 26.3 Å². The van der Waals surface area contributed by atoms with Gasteiger partial charge in [0.05, 0.1) is 5.69 Å². The standard InChI is InChI=1S/C13H22N4/c1-11-5-6-15-13(12(11)14)16(2)9-10-17-7-3-4-8-17/h5-6H,3-4,7-10,14H2,1-2H3. The molecule has 0 atom stereocenters. The zero-order chi connectivity index (χ0) is 12.3. The molecule has 1 fully saturated rings. The predicted molar refractivity (Wildman–Crippen MR) is 72.3 cm³/mol. The molecule has 4 heteroatoms. The van der Waals surface area contributed by atoms with Gasteiger partial charge in [0.2, 0.25) is 0 Å². The van der Waals surface area contributed by atoms with Crippen molar-refractivity contribution in [1.29, 1.82) is 0 Å². The van der Waals surface area contributed by atoms with Crippen molar-refractivity contribution in [3.63, 3.8) is 0 Å². The smallest absolute Gasteiger partial charge is 0.151 e. The van der Waals surface area contributed by atoms with Crippen LogP contribution in [0.1, 0.15) is 18.4 Å². The number of likely N-dealkylation sites (N-methyl/N-ethyl adjacent to an activating group) is 1. The number of aryl methyl sites for hydroxylation is 1. The lowest BCUT2D eigenvalue weighted by atomic mass is 10.2. The SMILES string of the molecule is Cc1ccnc(N(C)CCN2CCCC2)c1N. The first-order chi connectivity index (χ1) is 8.18. The second kappa shape index (κ2) is 5.36. The monoisotopic (exact) mass is 234 g/mol. The summed E-state index contributed by atoms with van der Waals surface area (Å²) in [5.74, 6) is 0.907. The zero-order valence-electron chi connectivity index (χ0n) is 10.8. The third kappa shape index (κ3) is 2.88. The van der Waals surface area contributed by atoms with Crippen LogP contribution >= 0.6 is 0 Å². The second-order valence-corrected chi connectivity index (χ2v) is 4.84. The molecule has 2 N–H and O–H groups in total. The van der Waals surface area contributed by atoms with Crippen molar-refractivity contribution in [2.24, 2.45) is 0 Å². The van der Waals surface area contributed by atoms with Crippen LogP contribution in [0.3, 0.4) is 0 Å². The second-order valence-electron chi connectivity index (χ2n) is 4.84. The number of nitrogen functional groups attached to an aromatic ring is 1. The van der Waals surface area contributed by atoms with Crippen LogP contribution in [0, 0.1) is 6.92 Å². The number of anilines is 2. The lowest BCUT2D eigenvalue weighted by molar-refractivity contribution is 0.346. The maximum Gasteiger partial charge on any atom is 0.151 e. The van der Waals surface area contributed by atoms with E-state index >= 15 is 0 Å². The molecule has 94 valence electrons. The predicted octanol–water partition coefficient (Wildman–Crippen LogP) is 1.50. The van der Waals surface area contributed by atoms with Gasteiger partial charge in [0.1, 0.15) is 0 Å². The summed E-state index contributed by atoms with van der Waals surface area (Å²) in [6, 6.07) is 1.95. The minimum absolute atomic E-state index is 0.802. The van der Waals surface area contributed by atoms with E-state index in [1.165, 1.54) is 25.9 Å². The zero-order valence-corrected chi connectivity index (χ0v) is 10.8. The Bertz CT molecular complexity index is 372. The largest absolute Gasteiger partial charge is 0.396 e. The summed E-state index contributed by atoms with van der Waals surface area (Å²) in [6.07, 6.45) is 4.51. The van der Waals surface area contributed by atoms with Crippen molar-refractivity contribution in [2.75, 3.05) is 43.9 Å². The molecule has 17 heavy (non-hydrogen) atoms. The van der Waals surface area contributed by atoms with Crippen molar-refractivity contribution in [1.82, 2.24) is 9.88 Å². The van der Waals surface area contributed by atoms with E-state index in [4.69, 9.17) is 5.73 Å². The highest BCUT2D eigenvalue weighted by atomic mass is 15.2. The number of rotatable bonds is 4. The summed E-state index contributed by atoms with van der Waals surface area (Å²) >= 11 is 0. The van der Waals surface area contributed by atoms with Crippen molar-refractivity contribution in [3.8, 4) is 0 Å². The molecule has 2 rings (SSSR count). The minimum Gasteiger partial charge on any atom is -0.396 e. The summed E-state index contributed by atoms with van der Waals surface area (Å²) in [6.45, 7) is 6.59. The Morgan fingerprint density at radius 3 is 2.82 bits per heavy atom. The molecule has 4 nitrogen and oxygen atoms in total. The Labute approximate surface area is 103 Å². The van der Waals surface area contributed by atoms with E-state index in [1.807, 2.05) is 19.2 Å². The number of hydrogen-bond donors (Lipinski definition) is 1. The number of nitrogens with zero attached hydrogens (tertiary/aromatic N) is 3. The molecule has 0 aliphatic carbocycles. The molecule has 0 unspecified atom stereocenters. The van der Waals surface area contributed by atoms with Crippen LogP contribution in [0.15, 0.2) is 12.3 Å². The van der Waals surface area contributed by atoms with Gasteiger partial charge in [-0.05, 0) is 44.5 Å². The lowest BCUT2D eigenvalue weighted by Gasteiger charge is -2.23. The maximum absolute atomic E-state index is 6.05. The third-order valence-corrected chi connectivity index (χ3v) is 3.50. The molecule has 1 aliphatic heterocycles. The minimum atomic E-state index is 0.802. The Morgan fingerprint density at radius 1 is 1.41 bits per heavy atom. The highest BCUT2D eigenvalue weighted by Crippen LogP contribution is 2.22. The van der Waals surface area contributed by atoms with Crippen molar-refractivity contribution in [3.05, 3.63) is 17.8 Å². The fourth-order valence-electron chi connectivity index (χ4n) is 2.26. The Hall–Kier alpha value is -1.29. The van der Waals surface area contributed by atoms with Crippen LogP contribution in [-0.2, 0) is 0 Å². The van der Waals surface area contributed by atoms with Crippen LogP contribution in [0.2, 0.25) is 0 Å². The molecule has 1 saturated heterocycles. The van der Waals surface area contributed by atoms with Crippen molar-refractivity contribution >= 4 is 11.5 Å². The van der Waals surface area contributed by atoms with Crippen LogP contribution in [0.5, 0.6) is 0 Å². The number of hydrogen-bond acceptors (Lipinski definition) is 4. The maximum atomic E-state index is 6.05. The number of nitrogens with two attached hydrogens (primary N) is 1. The van der Waals surface area contributed by atoms with E-state index in [1.54, 1.807) is 0 Å². The highest BCUT2D eigenvalue weighted by molar-refractivity contribution is 5.65. The van der Waals surface area contributed by atoms with Gasteiger partial charge < -0.3 is 15.5 Å². The fraction of sp³-hybridized carbons (Fsp3) is 0.615. The van der Waals surface area contributed by atoms with Gasteiger partial charge in [-0.1, -0.05) is 0 Å². The van der Waals surface area contributed by atoms with E-state index in [2.05, 4.69) is 21.8 Å². The molecule has 0 saturated carbocycles. The van der Waals surface area contributed by atoms with Crippen LogP contribution < -0.4 is 10.6 Å². The van der Waals surface area contributed by atoms with Gasteiger partial charge in [-0.2, -0.15) is 0 Å². The molecular weight excluding hydrogens is 212 g/mol. The van der Waals surface area contributed by atoms with Crippen LogP contribution in [0.25, 0.3) is 0 Å². The highest BCUT2D eigenvalue weighted by Gasteiger charge is 2.13. The van der Waals surface area contributed by atoms with Crippen LogP contribution in [-0.4, -0.2) is 43.1 Å². The summed E-state index contributed by atoms with van der Waals surface area (Å²) in [5, 5.41) is 0. The van der Waals surface area contributed by atoms with Gasteiger partial charge >= 0.3 is 0 Å². The first kappa shape index (κ1) is 12.2. The number of aromatic nitrogens is 1. The molecule has 2 heterocycles. The van der Waals surface area contributed by atoms with E-state index < -0.39 is 0 Å². The summed E-state index contributed by atoms with van der Waals surface area (Å²) in [4.78, 5) is 9.02. The van der Waals surface area contributed by atoms with Gasteiger partial charge in [-0.25, -0.2) is 4.98 Å². The van der Waals surface area contributed by atoms with E-state index in [0.717, 1.165) is 30.2 Å². The van der Waals surface area contributed by atoms with Gasteiger partial charge in [-0.15, -0.1) is 0 Å². The fourth-order valence-corrected chi connectivity index (χ4v) is 2.26. The molecule has 0 amide bonds. The average molecular weight is 234 g/mol. The summed E-state index contributed by atoms with van der Waals surface area (Å²) in [7, 11) is 2.06. The molecule has 1 aliphatic rings. The average Bonchev–Trinajstić information content (AvgIpc) is 2.82. The van der Waals surface area contributed by atoms with E-state index in [9.17, 15) is 0 Å². The first-order valence-corrected chi connectivity index (χ1v) is 6.33. The Balaban J connectivity index is 1.94. The van der Waals surface area contributed by atoms with Crippen molar-refractivity contribution < 1.29 is 0 Å². The molecule has 0 spiro atoms. The van der Waals surface area contributed by atoms with E-state index in [0.29, 0.717) is 0 Å². The number of likely N-dealkylation sites (tertiary alicyclic amines) is 1. The quantitative estimate of drug-likeness (QED) is 0.857. The molecule has 0 aromatic carbocycles. The molecule has 0 bridgehead atoms. The molecular formula is C13H22N4. The van der Waals surface area contributed by atoms with Crippen molar-refractivity contribution in [2.45, 2.75) is 19.8 Å². The topological polar surface area (TPSA) is 45.4 Å². The summed E-state index contributed by atoms with van der Waals surface area (Å²) < 4.78 is 0.